The van der Waals surface area contributed by atoms with E-state index in [1.807, 2.05) is 0 Å². The number of hydrogen-bond donors (Lipinski definition) is 1. The van der Waals surface area contributed by atoms with E-state index in [9.17, 15) is 5.11 Å². The highest BCUT2D eigenvalue weighted by molar-refractivity contribution is 9.10. The zero-order valence-corrected chi connectivity index (χ0v) is 8.50. The normalized spacial score (nSPS) is 17.8. The maximum atomic E-state index is 9.29. The standard InChI is InChI=1S/C10H8BrNO/c11-9-2-1-7(13)5-8(9)10(6-12)3-4-10/h1-2,5,13H,3-4H2. The molecule has 1 N–H and O–H groups in total. The summed E-state index contributed by atoms with van der Waals surface area (Å²) in [6, 6.07) is 7.35. The molecule has 66 valence electrons. The van der Waals surface area contributed by atoms with Gasteiger partial charge in [0.1, 0.15) is 5.75 Å². The average molecular weight is 238 g/mol. The Morgan fingerprint density at radius 1 is 1.46 bits per heavy atom. The molecule has 0 aliphatic heterocycles. The monoisotopic (exact) mass is 237 g/mol. The molecular formula is C10H8BrNO. The van der Waals surface area contributed by atoms with Gasteiger partial charge in [-0.15, -0.1) is 0 Å². The summed E-state index contributed by atoms with van der Waals surface area (Å²) >= 11 is 3.38. The molecule has 0 amide bonds. The van der Waals surface area contributed by atoms with Crippen LogP contribution in [0.4, 0.5) is 0 Å². The van der Waals surface area contributed by atoms with Gasteiger partial charge in [0.05, 0.1) is 11.5 Å². The smallest absolute Gasteiger partial charge is 0.115 e. The van der Waals surface area contributed by atoms with Crippen LogP contribution >= 0.6 is 15.9 Å². The summed E-state index contributed by atoms with van der Waals surface area (Å²) in [6.07, 6.45) is 1.79. The first-order chi connectivity index (χ1) is 6.18. The SMILES string of the molecule is N#CC1(c2cc(O)ccc2Br)CC1. The Morgan fingerprint density at radius 3 is 2.69 bits per heavy atom. The summed E-state index contributed by atoms with van der Waals surface area (Å²) in [7, 11) is 0. The van der Waals surface area contributed by atoms with Crippen molar-refractivity contribution in [2.75, 3.05) is 0 Å². The van der Waals surface area contributed by atoms with Gasteiger partial charge in [-0.3, -0.25) is 0 Å². The van der Waals surface area contributed by atoms with Crippen molar-refractivity contribution in [2.24, 2.45) is 0 Å². The Labute approximate surface area is 84.9 Å². The highest BCUT2D eigenvalue weighted by atomic mass is 79.9. The van der Waals surface area contributed by atoms with Crippen molar-refractivity contribution in [3.8, 4) is 11.8 Å². The maximum Gasteiger partial charge on any atom is 0.115 e. The largest absolute Gasteiger partial charge is 0.508 e. The second-order valence-corrected chi connectivity index (χ2v) is 4.21. The van der Waals surface area contributed by atoms with E-state index in [2.05, 4.69) is 22.0 Å². The quantitative estimate of drug-likeness (QED) is 0.817. The third-order valence-corrected chi connectivity index (χ3v) is 3.12. The van der Waals surface area contributed by atoms with Crippen LogP contribution in [0.15, 0.2) is 22.7 Å². The lowest BCUT2D eigenvalue weighted by Gasteiger charge is -2.08. The van der Waals surface area contributed by atoms with Gasteiger partial charge in [-0.05, 0) is 36.6 Å². The van der Waals surface area contributed by atoms with E-state index in [4.69, 9.17) is 5.26 Å². The maximum absolute atomic E-state index is 9.29. The number of aromatic hydroxyl groups is 1. The van der Waals surface area contributed by atoms with Crippen LogP contribution in [-0.4, -0.2) is 5.11 Å². The summed E-state index contributed by atoms with van der Waals surface area (Å²) in [5.41, 5.74) is 0.576. The Kier molecular flexibility index (Phi) is 1.81. The number of hydrogen-bond acceptors (Lipinski definition) is 2. The van der Waals surface area contributed by atoms with Gasteiger partial charge in [0.15, 0.2) is 0 Å². The lowest BCUT2D eigenvalue weighted by atomic mass is 9.98. The fraction of sp³-hybridized carbons (Fsp3) is 0.300. The molecule has 0 spiro atoms. The van der Waals surface area contributed by atoms with E-state index in [-0.39, 0.29) is 11.2 Å². The molecule has 0 radical (unpaired) electrons. The molecule has 1 fully saturated rings. The minimum Gasteiger partial charge on any atom is -0.508 e. The van der Waals surface area contributed by atoms with Crippen LogP contribution in [0.25, 0.3) is 0 Å². The van der Waals surface area contributed by atoms with Gasteiger partial charge >= 0.3 is 0 Å². The second-order valence-electron chi connectivity index (χ2n) is 3.36. The van der Waals surface area contributed by atoms with Gasteiger partial charge in [-0.2, -0.15) is 5.26 Å². The highest BCUT2D eigenvalue weighted by Crippen LogP contribution is 2.50. The molecule has 2 nitrogen and oxygen atoms in total. The fourth-order valence-corrected chi connectivity index (χ4v) is 2.07. The van der Waals surface area contributed by atoms with Crippen molar-refractivity contribution < 1.29 is 5.11 Å². The molecule has 0 bridgehead atoms. The van der Waals surface area contributed by atoms with Gasteiger partial charge in [-0.1, -0.05) is 15.9 Å². The Balaban J connectivity index is 2.52. The first-order valence-corrected chi connectivity index (χ1v) is 4.87. The first-order valence-electron chi connectivity index (χ1n) is 4.08. The van der Waals surface area contributed by atoms with Gasteiger partial charge < -0.3 is 5.11 Å². The molecule has 1 saturated carbocycles. The number of benzene rings is 1. The fourth-order valence-electron chi connectivity index (χ4n) is 1.45. The second kappa shape index (κ2) is 2.74. The van der Waals surface area contributed by atoms with Crippen LogP contribution in [0.2, 0.25) is 0 Å². The zero-order chi connectivity index (χ0) is 9.47. The minimum absolute atomic E-state index is 0.222. The minimum atomic E-state index is -0.336. The van der Waals surface area contributed by atoms with Crippen LogP contribution in [0.1, 0.15) is 18.4 Å². The van der Waals surface area contributed by atoms with Crippen molar-refractivity contribution in [3.05, 3.63) is 28.2 Å². The first kappa shape index (κ1) is 8.58. The molecule has 2 rings (SSSR count). The molecule has 13 heavy (non-hydrogen) atoms. The zero-order valence-electron chi connectivity index (χ0n) is 6.92. The van der Waals surface area contributed by atoms with E-state index >= 15 is 0 Å². The summed E-state index contributed by atoms with van der Waals surface area (Å²) < 4.78 is 0.907. The van der Waals surface area contributed by atoms with Crippen molar-refractivity contribution in [3.63, 3.8) is 0 Å². The number of nitriles is 1. The molecule has 3 heteroatoms. The van der Waals surface area contributed by atoms with Crippen molar-refractivity contribution >= 4 is 15.9 Å². The van der Waals surface area contributed by atoms with Gasteiger partial charge in [0.2, 0.25) is 0 Å². The summed E-state index contributed by atoms with van der Waals surface area (Å²) in [4.78, 5) is 0. The lowest BCUT2D eigenvalue weighted by molar-refractivity contribution is 0.474. The predicted molar refractivity (Wildman–Crippen MR) is 52.3 cm³/mol. The van der Waals surface area contributed by atoms with Crippen LogP contribution < -0.4 is 0 Å². The average Bonchev–Trinajstić information content (AvgIpc) is 2.90. The van der Waals surface area contributed by atoms with Gasteiger partial charge in [-0.25, -0.2) is 0 Å². The van der Waals surface area contributed by atoms with E-state index in [1.165, 1.54) is 0 Å². The Morgan fingerprint density at radius 2 is 2.15 bits per heavy atom. The number of phenolic OH excluding ortho intramolecular Hbond substituents is 1. The Hall–Kier alpha value is -1.01. The lowest BCUT2D eigenvalue weighted by Crippen LogP contribution is -2.02. The Bertz CT molecular complexity index is 390. The predicted octanol–water partition coefficient (Wildman–Crippen LogP) is 2.71. The van der Waals surface area contributed by atoms with E-state index in [1.54, 1.807) is 18.2 Å². The number of halogens is 1. The molecule has 1 aromatic carbocycles. The van der Waals surface area contributed by atoms with Crippen LogP contribution in [0.5, 0.6) is 5.75 Å². The van der Waals surface area contributed by atoms with Gasteiger partial charge in [0.25, 0.3) is 0 Å². The van der Waals surface area contributed by atoms with Crippen LogP contribution in [-0.2, 0) is 5.41 Å². The number of phenols is 1. The number of nitrogens with zero attached hydrogens (tertiary/aromatic N) is 1. The van der Waals surface area contributed by atoms with E-state index < -0.39 is 0 Å². The summed E-state index contributed by atoms with van der Waals surface area (Å²) in [5.74, 6) is 0.222. The highest BCUT2D eigenvalue weighted by Gasteiger charge is 2.46. The molecule has 0 saturated heterocycles. The molecule has 1 aliphatic carbocycles. The van der Waals surface area contributed by atoms with Crippen LogP contribution in [0, 0.1) is 11.3 Å². The molecule has 1 aliphatic rings. The summed E-state index contributed by atoms with van der Waals surface area (Å²) in [5, 5.41) is 18.3. The molecular weight excluding hydrogens is 230 g/mol. The van der Waals surface area contributed by atoms with Crippen LogP contribution in [0.3, 0.4) is 0 Å². The molecule has 0 aromatic heterocycles. The van der Waals surface area contributed by atoms with Crippen molar-refractivity contribution in [1.82, 2.24) is 0 Å². The topological polar surface area (TPSA) is 44.0 Å². The molecule has 1 aromatic rings. The third-order valence-electron chi connectivity index (χ3n) is 2.43. The van der Waals surface area contributed by atoms with Gasteiger partial charge in [0, 0.05) is 4.47 Å². The van der Waals surface area contributed by atoms with Crippen molar-refractivity contribution in [1.29, 1.82) is 5.26 Å². The number of rotatable bonds is 1. The van der Waals surface area contributed by atoms with E-state index in [0.717, 1.165) is 22.9 Å². The third kappa shape index (κ3) is 1.31. The molecule has 0 atom stereocenters. The molecule has 0 heterocycles. The van der Waals surface area contributed by atoms with Crippen molar-refractivity contribution in [2.45, 2.75) is 18.3 Å². The summed E-state index contributed by atoms with van der Waals surface area (Å²) in [6.45, 7) is 0. The van der Waals surface area contributed by atoms with E-state index in [0.29, 0.717) is 0 Å². The molecule has 0 unspecified atom stereocenters.